The molecule has 1 fully saturated rings. The summed E-state index contributed by atoms with van der Waals surface area (Å²) in [6, 6.07) is 12.7. The molecule has 2 aromatic carbocycles. The number of amides is 1. The van der Waals surface area contributed by atoms with Crippen LogP contribution >= 0.6 is 0 Å². The third-order valence-electron chi connectivity index (χ3n) is 4.32. The highest BCUT2D eigenvalue weighted by Crippen LogP contribution is 2.39. The Bertz CT molecular complexity index is 938. The number of hydrogen-bond acceptors (Lipinski definition) is 6. The van der Waals surface area contributed by atoms with Gasteiger partial charge in [-0.1, -0.05) is 42.5 Å². The minimum absolute atomic E-state index is 0.149. The SMILES string of the molecule is O=C1C(=O)N(CCO)C(c2cccc([N+](=O)[O-])c2)C1=C(O)c1ccccc1. The Morgan fingerprint density at radius 1 is 1.11 bits per heavy atom. The molecular formula is C19H16N2O6. The van der Waals surface area contributed by atoms with Gasteiger partial charge in [-0.3, -0.25) is 19.7 Å². The summed E-state index contributed by atoms with van der Waals surface area (Å²) in [6.45, 7) is -0.548. The molecule has 0 radical (unpaired) electrons. The van der Waals surface area contributed by atoms with Gasteiger partial charge in [0, 0.05) is 24.2 Å². The fourth-order valence-electron chi connectivity index (χ4n) is 3.12. The van der Waals surface area contributed by atoms with Crippen LogP contribution in [-0.2, 0) is 9.59 Å². The van der Waals surface area contributed by atoms with Gasteiger partial charge in [0.1, 0.15) is 5.76 Å². The smallest absolute Gasteiger partial charge is 0.295 e. The maximum atomic E-state index is 12.6. The summed E-state index contributed by atoms with van der Waals surface area (Å²) in [5.74, 6) is -2.15. The molecule has 0 bridgehead atoms. The van der Waals surface area contributed by atoms with Crippen LogP contribution in [0.5, 0.6) is 0 Å². The van der Waals surface area contributed by atoms with Crippen molar-refractivity contribution in [2.75, 3.05) is 13.2 Å². The molecule has 8 heteroatoms. The molecule has 1 saturated heterocycles. The largest absolute Gasteiger partial charge is 0.507 e. The number of ketones is 1. The highest BCUT2D eigenvalue weighted by atomic mass is 16.6. The van der Waals surface area contributed by atoms with E-state index in [0.29, 0.717) is 11.1 Å². The van der Waals surface area contributed by atoms with Crippen molar-refractivity contribution in [2.45, 2.75) is 6.04 Å². The fraction of sp³-hybridized carbons (Fsp3) is 0.158. The van der Waals surface area contributed by atoms with Crippen molar-refractivity contribution in [2.24, 2.45) is 0 Å². The lowest BCUT2D eigenvalue weighted by Gasteiger charge is -2.24. The quantitative estimate of drug-likeness (QED) is 0.274. The van der Waals surface area contributed by atoms with Crippen LogP contribution in [0.2, 0.25) is 0 Å². The Morgan fingerprint density at radius 2 is 1.81 bits per heavy atom. The van der Waals surface area contributed by atoms with E-state index in [1.54, 1.807) is 30.3 Å². The first kappa shape index (κ1) is 18.3. The maximum absolute atomic E-state index is 12.6. The number of aliphatic hydroxyl groups excluding tert-OH is 2. The normalized spacial score (nSPS) is 18.7. The van der Waals surface area contributed by atoms with Gasteiger partial charge in [0.2, 0.25) is 0 Å². The molecule has 2 aromatic rings. The second-order valence-electron chi connectivity index (χ2n) is 5.93. The van der Waals surface area contributed by atoms with E-state index in [9.17, 15) is 29.9 Å². The van der Waals surface area contributed by atoms with Crippen LogP contribution in [0.1, 0.15) is 17.2 Å². The van der Waals surface area contributed by atoms with Gasteiger partial charge in [0.05, 0.1) is 23.1 Å². The number of Topliss-reactive ketones (excluding diaryl/α,β-unsaturated/α-hetero) is 1. The zero-order valence-corrected chi connectivity index (χ0v) is 14.1. The second kappa shape index (κ2) is 7.38. The number of nitrogens with zero attached hydrogens (tertiary/aromatic N) is 2. The summed E-state index contributed by atoms with van der Waals surface area (Å²) in [7, 11) is 0. The summed E-state index contributed by atoms with van der Waals surface area (Å²) in [6.07, 6.45) is 0. The molecule has 0 aliphatic carbocycles. The van der Waals surface area contributed by atoms with E-state index in [4.69, 9.17) is 0 Å². The van der Waals surface area contributed by atoms with E-state index in [1.165, 1.54) is 24.3 Å². The number of β-amino-alcohol motifs (C(OH)–C–C–N with tert-alkyl or cyclic N) is 1. The van der Waals surface area contributed by atoms with Gasteiger partial charge >= 0.3 is 0 Å². The van der Waals surface area contributed by atoms with Crippen LogP contribution in [0.3, 0.4) is 0 Å². The number of carbonyl (C=O) groups is 2. The molecule has 8 nitrogen and oxygen atoms in total. The minimum Gasteiger partial charge on any atom is -0.507 e. The number of rotatable bonds is 5. The highest BCUT2D eigenvalue weighted by Gasteiger charge is 2.46. The van der Waals surface area contributed by atoms with Gasteiger partial charge in [-0.25, -0.2) is 0 Å². The van der Waals surface area contributed by atoms with Crippen LogP contribution in [-0.4, -0.2) is 44.9 Å². The maximum Gasteiger partial charge on any atom is 0.295 e. The van der Waals surface area contributed by atoms with Crippen molar-refractivity contribution >= 4 is 23.1 Å². The zero-order valence-electron chi connectivity index (χ0n) is 14.1. The van der Waals surface area contributed by atoms with Gasteiger partial charge < -0.3 is 15.1 Å². The topological polar surface area (TPSA) is 121 Å². The van der Waals surface area contributed by atoms with Gasteiger partial charge in [-0.2, -0.15) is 0 Å². The first-order valence-corrected chi connectivity index (χ1v) is 8.14. The van der Waals surface area contributed by atoms with Crippen LogP contribution in [0, 0.1) is 10.1 Å². The van der Waals surface area contributed by atoms with E-state index in [-0.39, 0.29) is 23.6 Å². The first-order chi connectivity index (χ1) is 13.0. The molecule has 3 rings (SSSR count). The summed E-state index contributed by atoms with van der Waals surface area (Å²) in [5.41, 5.74) is 0.270. The second-order valence-corrected chi connectivity index (χ2v) is 5.93. The number of likely N-dealkylation sites (tertiary alicyclic amines) is 1. The van der Waals surface area contributed by atoms with Crippen molar-refractivity contribution in [3.05, 3.63) is 81.4 Å². The molecule has 1 amide bonds. The van der Waals surface area contributed by atoms with Crippen molar-refractivity contribution in [3.8, 4) is 0 Å². The van der Waals surface area contributed by atoms with Crippen LogP contribution in [0.15, 0.2) is 60.2 Å². The van der Waals surface area contributed by atoms with Crippen LogP contribution in [0.25, 0.3) is 5.76 Å². The average Bonchev–Trinajstić information content (AvgIpc) is 2.93. The first-order valence-electron chi connectivity index (χ1n) is 8.14. The van der Waals surface area contributed by atoms with Crippen LogP contribution in [0.4, 0.5) is 5.69 Å². The van der Waals surface area contributed by atoms with Crippen LogP contribution < -0.4 is 0 Å². The molecule has 1 aliphatic heterocycles. The molecule has 27 heavy (non-hydrogen) atoms. The molecule has 1 heterocycles. The molecule has 1 unspecified atom stereocenters. The molecule has 1 aliphatic rings. The van der Waals surface area contributed by atoms with Crippen molar-refractivity contribution in [1.29, 1.82) is 0 Å². The predicted molar refractivity (Wildman–Crippen MR) is 95.6 cm³/mol. The fourth-order valence-corrected chi connectivity index (χ4v) is 3.12. The third-order valence-corrected chi connectivity index (χ3v) is 4.32. The highest BCUT2D eigenvalue weighted by molar-refractivity contribution is 6.46. The van der Waals surface area contributed by atoms with E-state index < -0.39 is 29.3 Å². The minimum atomic E-state index is -1.03. The summed E-state index contributed by atoms with van der Waals surface area (Å²) < 4.78 is 0. The Hall–Kier alpha value is -3.52. The molecule has 1 atom stereocenters. The lowest BCUT2D eigenvalue weighted by Crippen LogP contribution is -2.32. The molecule has 0 aromatic heterocycles. The average molecular weight is 368 g/mol. The summed E-state index contributed by atoms with van der Waals surface area (Å²) >= 11 is 0. The standard InChI is InChI=1S/C19H16N2O6/c22-10-9-20-16(13-7-4-8-14(11-13)21(26)27)15(18(24)19(20)25)17(23)12-5-2-1-3-6-12/h1-8,11,16,22-23H,9-10H2. The number of benzene rings is 2. The Balaban J connectivity index is 2.21. The monoisotopic (exact) mass is 368 g/mol. The predicted octanol–water partition coefficient (Wildman–Crippen LogP) is 2.01. The Labute approximate surface area is 154 Å². The number of carbonyl (C=O) groups excluding carboxylic acids is 2. The number of nitro benzene ring substituents is 1. The van der Waals surface area contributed by atoms with Gasteiger partial charge in [-0.15, -0.1) is 0 Å². The van der Waals surface area contributed by atoms with E-state index in [1.807, 2.05) is 0 Å². The van der Waals surface area contributed by atoms with Gasteiger partial charge in [-0.05, 0) is 5.56 Å². The Kier molecular flexibility index (Phi) is 5.00. The van der Waals surface area contributed by atoms with Crippen molar-refractivity contribution in [1.82, 2.24) is 4.90 Å². The zero-order chi connectivity index (χ0) is 19.6. The van der Waals surface area contributed by atoms with Crippen molar-refractivity contribution < 1.29 is 24.7 Å². The number of hydrogen-bond donors (Lipinski definition) is 2. The lowest BCUT2D eigenvalue weighted by atomic mass is 9.95. The number of non-ortho nitro benzene ring substituents is 1. The molecule has 0 saturated carbocycles. The molecule has 2 N–H and O–H groups in total. The van der Waals surface area contributed by atoms with E-state index in [0.717, 1.165) is 4.90 Å². The number of aliphatic hydroxyl groups is 2. The summed E-state index contributed by atoms with van der Waals surface area (Å²) in [5, 5.41) is 31.1. The third kappa shape index (κ3) is 3.30. The molecule has 0 spiro atoms. The Morgan fingerprint density at radius 3 is 2.44 bits per heavy atom. The lowest BCUT2D eigenvalue weighted by molar-refractivity contribution is -0.384. The van der Waals surface area contributed by atoms with Crippen molar-refractivity contribution in [3.63, 3.8) is 0 Å². The molecular weight excluding hydrogens is 352 g/mol. The van der Waals surface area contributed by atoms with Gasteiger partial charge in [0.25, 0.3) is 17.4 Å². The summed E-state index contributed by atoms with van der Waals surface area (Å²) in [4.78, 5) is 36.6. The van der Waals surface area contributed by atoms with Gasteiger partial charge in [0.15, 0.2) is 0 Å². The van der Waals surface area contributed by atoms with E-state index in [2.05, 4.69) is 0 Å². The van der Waals surface area contributed by atoms with E-state index >= 15 is 0 Å². The number of nitro groups is 1. The molecule has 138 valence electrons.